The Balaban J connectivity index is 0.00000220. The van der Waals surface area contributed by atoms with Crippen LogP contribution < -0.4 is 51.4 Å². The summed E-state index contributed by atoms with van der Waals surface area (Å²) in [6, 6.07) is 9.52. The number of rotatable bonds is 5. The van der Waals surface area contributed by atoms with Gasteiger partial charge in [0.15, 0.2) is 0 Å². The molecule has 2 aromatic rings. The Morgan fingerprint density at radius 2 is 1.67 bits per heavy atom. The van der Waals surface area contributed by atoms with Crippen LogP contribution in [0, 0.1) is 0 Å². The van der Waals surface area contributed by atoms with E-state index in [0.29, 0.717) is 24.0 Å². The third kappa shape index (κ3) is 4.38. The van der Waals surface area contributed by atoms with Gasteiger partial charge >= 0.3 is 51.4 Å². The SMILES string of the molecule is CCCc1cc2ccccc2c(CCC)c1S(=O)(=O)[O-].[K+]. The van der Waals surface area contributed by atoms with Gasteiger partial charge in [-0.05, 0) is 40.8 Å². The quantitative estimate of drug-likeness (QED) is 0.597. The van der Waals surface area contributed by atoms with Gasteiger partial charge in [-0.1, -0.05) is 51.0 Å². The summed E-state index contributed by atoms with van der Waals surface area (Å²) in [5.74, 6) is 0. The summed E-state index contributed by atoms with van der Waals surface area (Å²) in [5, 5.41) is 1.88. The standard InChI is InChI=1S/C16H20O3S.K/c1-3-7-13-11-12-9-5-6-10-14(12)15(8-4-2)16(13)20(17,18)19;/h5-6,9-11H,3-4,7-8H2,1-2H3,(H,17,18,19);/q;+1/p-1. The van der Waals surface area contributed by atoms with Gasteiger partial charge in [-0.15, -0.1) is 0 Å². The van der Waals surface area contributed by atoms with Crippen molar-refractivity contribution in [1.29, 1.82) is 0 Å². The predicted molar refractivity (Wildman–Crippen MR) is 79.9 cm³/mol. The van der Waals surface area contributed by atoms with Crippen LogP contribution in [0.1, 0.15) is 37.8 Å². The van der Waals surface area contributed by atoms with Crippen molar-refractivity contribution in [3.8, 4) is 0 Å². The summed E-state index contributed by atoms with van der Waals surface area (Å²) in [5.41, 5.74) is 1.34. The van der Waals surface area contributed by atoms with Crippen molar-refractivity contribution in [1.82, 2.24) is 0 Å². The molecule has 0 unspecified atom stereocenters. The second-order valence-electron chi connectivity index (χ2n) is 5.02. The second kappa shape index (κ2) is 8.20. The Kier molecular flexibility index (Phi) is 7.53. The van der Waals surface area contributed by atoms with Crippen LogP contribution in [-0.2, 0) is 23.0 Å². The van der Waals surface area contributed by atoms with Gasteiger partial charge in [-0.25, -0.2) is 8.42 Å². The Morgan fingerprint density at radius 1 is 1.05 bits per heavy atom. The molecule has 0 N–H and O–H groups in total. The van der Waals surface area contributed by atoms with Crippen LogP contribution in [0.15, 0.2) is 35.2 Å². The minimum absolute atomic E-state index is 0. The smallest absolute Gasteiger partial charge is 0.744 e. The number of benzene rings is 2. The van der Waals surface area contributed by atoms with Gasteiger partial charge in [0, 0.05) is 0 Å². The average Bonchev–Trinajstić information content (AvgIpc) is 2.38. The molecule has 0 fully saturated rings. The van der Waals surface area contributed by atoms with Crippen molar-refractivity contribution < 1.29 is 64.4 Å². The molecule has 2 rings (SSSR count). The summed E-state index contributed by atoms with van der Waals surface area (Å²) in [7, 11) is -4.45. The van der Waals surface area contributed by atoms with E-state index < -0.39 is 10.1 Å². The van der Waals surface area contributed by atoms with Crippen LogP contribution in [0.4, 0.5) is 0 Å². The molecule has 0 aliphatic heterocycles. The molecule has 0 spiro atoms. The molecule has 0 radical (unpaired) electrons. The van der Waals surface area contributed by atoms with Gasteiger partial charge in [0.05, 0.1) is 4.90 Å². The van der Waals surface area contributed by atoms with Gasteiger partial charge in [0.25, 0.3) is 0 Å². The molecule has 3 nitrogen and oxygen atoms in total. The molecule has 0 saturated heterocycles. The van der Waals surface area contributed by atoms with Crippen LogP contribution in [-0.4, -0.2) is 13.0 Å². The van der Waals surface area contributed by atoms with Gasteiger partial charge in [0.1, 0.15) is 10.1 Å². The van der Waals surface area contributed by atoms with E-state index in [1.54, 1.807) is 0 Å². The van der Waals surface area contributed by atoms with Crippen LogP contribution in [0.3, 0.4) is 0 Å². The second-order valence-corrected chi connectivity index (χ2v) is 6.34. The van der Waals surface area contributed by atoms with Gasteiger partial charge < -0.3 is 4.55 Å². The molecular formula is C16H19KO3S. The van der Waals surface area contributed by atoms with E-state index in [1.165, 1.54) is 0 Å². The maximum atomic E-state index is 11.7. The molecule has 0 aliphatic rings. The summed E-state index contributed by atoms with van der Waals surface area (Å²) in [6.45, 7) is 3.97. The molecule has 0 bridgehead atoms. The first-order valence-corrected chi connectivity index (χ1v) is 8.39. The molecule has 5 heteroatoms. The number of fused-ring (bicyclic) bond motifs is 1. The molecule has 0 amide bonds. The summed E-state index contributed by atoms with van der Waals surface area (Å²) in [4.78, 5) is 0.0138. The third-order valence-corrected chi connectivity index (χ3v) is 4.46. The topological polar surface area (TPSA) is 57.2 Å². The maximum absolute atomic E-state index is 11.7. The van der Waals surface area contributed by atoms with Gasteiger partial charge in [-0.3, -0.25) is 0 Å². The van der Waals surface area contributed by atoms with E-state index in [0.717, 1.165) is 23.6 Å². The summed E-state index contributed by atoms with van der Waals surface area (Å²) < 4.78 is 35.1. The summed E-state index contributed by atoms with van der Waals surface area (Å²) >= 11 is 0. The Labute approximate surface area is 169 Å². The van der Waals surface area contributed by atoms with Crippen LogP contribution in [0.5, 0.6) is 0 Å². The Morgan fingerprint density at radius 3 is 2.24 bits per heavy atom. The average molecular weight is 330 g/mol. The molecule has 0 saturated carbocycles. The molecule has 21 heavy (non-hydrogen) atoms. The molecule has 2 aromatic carbocycles. The van der Waals surface area contributed by atoms with Crippen LogP contribution >= 0.6 is 0 Å². The molecule has 0 heterocycles. The van der Waals surface area contributed by atoms with Crippen molar-refractivity contribution in [3.63, 3.8) is 0 Å². The van der Waals surface area contributed by atoms with Crippen molar-refractivity contribution in [2.24, 2.45) is 0 Å². The first kappa shape index (κ1) is 19.3. The number of aryl methyl sites for hydroxylation is 2. The third-order valence-electron chi connectivity index (χ3n) is 3.45. The van der Waals surface area contributed by atoms with E-state index in [2.05, 4.69) is 0 Å². The zero-order valence-corrected chi connectivity index (χ0v) is 16.8. The van der Waals surface area contributed by atoms with Gasteiger partial charge in [0.2, 0.25) is 0 Å². The van der Waals surface area contributed by atoms with E-state index >= 15 is 0 Å². The van der Waals surface area contributed by atoms with E-state index in [4.69, 9.17) is 0 Å². The minimum atomic E-state index is -4.45. The van der Waals surface area contributed by atoms with Crippen LogP contribution in [0.25, 0.3) is 10.8 Å². The van der Waals surface area contributed by atoms with Gasteiger partial charge in [-0.2, -0.15) is 0 Å². The van der Waals surface area contributed by atoms with Crippen molar-refractivity contribution in [3.05, 3.63) is 41.5 Å². The van der Waals surface area contributed by atoms with Crippen molar-refractivity contribution in [2.45, 2.75) is 44.4 Å². The Hall–Kier alpha value is 0.246. The molecular weight excluding hydrogens is 311 g/mol. The van der Waals surface area contributed by atoms with E-state index in [9.17, 15) is 13.0 Å². The fraction of sp³-hybridized carbons (Fsp3) is 0.375. The van der Waals surface area contributed by atoms with Crippen molar-refractivity contribution in [2.75, 3.05) is 0 Å². The molecule has 0 aliphatic carbocycles. The zero-order valence-electron chi connectivity index (χ0n) is 12.8. The minimum Gasteiger partial charge on any atom is -0.744 e. The first-order chi connectivity index (χ1) is 9.49. The fourth-order valence-electron chi connectivity index (χ4n) is 2.73. The number of hydrogen-bond acceptors (Lipinski definition) is 3. The molecule has 0 aromatic heterocycles. The fourth-order valence-corrected chi connectivity index (χ4v) is 3.73. The number of hydrogen-bond donors (Lipinski definition) is 0. The summed E-state index contributed by atoms with van der Waals surface area (Å²) in [6.07, 6.45) is 2.84. The van der Waals surface area contributed by atoms with E-state index in [-0.39, 0.29) is 56.3 Å². The van der Waals surface area contributed by atoms with Crippen molar-refractivity contribution >= 4 is 20.9 Å². The normalized spacial score (nSPS) is 11.4. The monoisotopic (exact) mass is 330 g/mol. The van der Waals surface area contributed by atoms with Crippen LogP contribution in [0.2, 0.25) is 0 Å². The van der Waals surface area contributed by atoms with E-state index in [1.807, 2.05) is 44.2 Å². The Bertz CT molecular complexity index is 724. The largest absolute Gasteiger partial charge is 1.00 e. The maximum Gasteiger partial charge on any atom is 1.00 e. The first-order valence-electron chi connectivity index (χ1n) is 6.98. The molecule has 0 atom stereocenters. The predicted octanol–water partition coefficient (Wildman–Crippen LogP) is 0.653. The molecule has 108 valence electrons. The zero-order chi connectivity index (χ0) is 14.8.